The second kappa shape index (κ2) is 4.80. The summed E-state index contributed by atoms with van der Waals surface area (Å²) in [5, 5.41) is 1.00. The molecule has 0 saturated heterocycles. The molecule has 3 heteroatoms. The van der Waals surface area contributed by atoms with E-state index < -0.39 is 0 Å². The Bertz CT molecular complexity index is 534. The van der Waals surface area contributed by atoms with Crippen LogP contribution in [0.25, 0.3) is 0 Å². The van der Waals surface area contributed by atoms with E-state index in [2.05, 4.69) is 37.9 Å². The molecule has 17 heavy (non-hydrogen) atoms. The van der Waals surface area contributed by atoms with Crippen molar-refractivity contribution in [3.63, 3.8) is 0 Å². The van der Waals surface area contributed by atoms with Gasteiger partial charge >= 0.3 is 0 Å². The van der Waals surface area contributed by atoms with E-state index in [0.29, 0.717) is 4.88 Å². The summed E-state index contributed by atoms with van der Waals surface area (Å²) >= 11 is 1.47. The molecule has 2 rings (SSSR count). The summed E-state index contributed by atoms with van der Waals surface area (Å²) in [5.41, 5.74) is 5.20. The molecular weight excluding hydrogens is 230 g/mol. The zero-order valence-corrected chi connectivity index (χ0v) is 11.1. The third-order valence-corrected chi connectivity index (χ3v) is 3.78. The molecule has 0 fully saturated rings. The zero-order chi connectivity index (χ0) is 12.4. The van der Waals surface area contributed by atoms with Crippen molar-refractivity contribution in [1.29, 1.82) is 0 Å². The van der Waals surface area contributed by atoms with Gasteiger partial charge in [-0.15, -0.1) is 11.3 Å². The third kappa shape index (κ3) is 2.61. The van der Waals surface area contributed by atoms with Crippen molar-refractivity contribution in [2.75, 3.05) is 0 Å². The number of rotatable bonds is 3. The first kappa shape index (κ1) is 12.0. The minimum absolute atomic E-state index is 0.697. The first-order valence-corrected chi connectivity index (χ1v) is 6.38. The second-order valence-electron chi connectivity index (χ2n) is 4.33. The molecule has 0 atom stereocenters. The number of carbonyl (C=O) groups is 1. The topological polar surface area (TPSA) is 30.0 Å². The van der Waals surface area contributed by atoms with Crippen LogP contribution in [0.3, 0.4) is 0 Å². The summed E-state index contributed by atoms with van der Waals surface area (Å²) in [6.45, 7) is 6.37. The average molecular weight is 245 g/mol. The fourth-order valence-electron chi connectivity index (χ4n) is 2.10. The maximum absolute atomic E-state index is 10.6. The fourth-order valence-corrected chi connectivity index (χ4v) is 2.85. The molecule has 0 aliphatic heterocycles. The SMILES string of the molecule is Cc1cc(C)c(Cc2ncc(C=O)s2)c(C)c1. The lowest BCUT2D eigenvalue weighted by Gasteiger charge is -2.09. The van der Waals surface area contributed by atoms with Crippen molar-refractivity contribution in [3.05, 3.63) is 50.5 Å². The summed E-state index contributed by atoms with van der Waals surface area (Å²) in [5.74, 6) is 0. The fraction of sp³-hybridized carbons (Fsp3) is 0.286. The van der Waals surface area contributed by atoms with E-state index in [1.54, 1.807) is 6.20 Å². The molecule has 0 saturated carbocycles. The molecular formula is C14H15NOS. The van der Waals surface area contributed by atoms with Gasteiger partial charge in [-0.05, 0) is 37.5 Å². The average Bonchev–Trinajstić information content (AvgIpc) is 2.71. The molecule has 88 valence electrons. The number of benzene rings is 1. The summed E-state index contributed by atoms with van der Waals surface area (Å²) in [6.07, 6.45) is 3.32. The standard InChI is InChI=1S/C14H15NOS/c1-9-4-10(2)13(11(3)5-9)6-14-15-7-12(8-16)17-14/h4-5,7-8H,6H2,1-3H3. The van der Waals surface area contributed by atoms with Crippen LogP contribution in [0.4, 0.5) is 0 Å². The molecule has 1 heterocycles. The van der Waals surface area contributed by atoms with Crippen LogP contribution in [-0.2, 0) is 6.42 Å². The van der Waals surface area contributed by atoms with Gasteiger partial charge in [-0.1, -0.05) is 17.7 Å². The Kier molecular flexibility index (Phi) is 3.38. The maximum atomic E-state index is 10.6. The van der Waals surface area contributed by atoms with E-state index in [0.717, 1.165) is 17.7 Å². The highest BCUT2D eigenvalue weighted by molar-refractivity contribution is 7.13. The number of hydrogen-bond acceptors (Lipinski definition) is 3. The lowest BCUT2D eigenvalue weighted by Crippen LogP contribution is -1.96. The normalized spacial score (nSPS) is 10.5. The number of carbonyl (C=O) groups excluding carboxylic acids is 1. The molecule has 0 N–H and O–H groups in total. The highest BCUT2D eigenvalue weighted by atomic mass is 32.1. The Morgan fingerprint density at radius 1 is 1.24 bits per heavy atom. The molecule has 0 bridgehead atoms. The van der Waals surface area contributed by atoms with Crippen molar-refractivity contribution in [1.82, 2.24) is 4.98 Å². The number of thiazole rings is 1. The molecule has 0 amide bonds. The maximum Gasteiger partial charge on any atom is 0.161 e. The lowest BCUT2D eigenvalue weighted by atomic mass is 9.98. The van der Waals surface area contributed by atoms with Crippen molar-refractivity contribution in [2.45, 2.75) is 27.2 Å². The predicted molar refractivity (Wildman–Crippen MR) is 71.0 cm³/mol. The van der Waals surface area contributed by atoms with Gasteiger partial charge in [0.25, 0.3) is 0 Å². The monoisotopic (exact) mass is 245 g/mol. The van der Waals surface area contributed by atoms with Crippen molar-refractivity contribution in [2.24, 2.45) is 0 Å². The Morgan fingerprint density at radius 3 is 2.41 bits per heavy atom. The van der Waals surface area contributed by atoms with Gasteiger partial charge < -0.3 is 0 Å². The summed E-state index contributed by atoms with van der Waals surface area (Å²) in [7, 11) is 0. The van der Waals surface area contributed by atoms with Gasteiger partial charge in [0, 0.05) is 12.6 Å². The highest BCUT2D eigenvalue weighted by Crippen LogP contribution is 2.22. The van der Waals surface area contributed by atoms with Crippen molar-refractivity contribution < 1.29 is 4.79 Å². The van der Waals surface area contributed by atoms with Crippen LogP contribution >= 0.6 is 11.3 Å². The van der Waals surface area contributed by atoms with E-state index in [1.165, 1.54) is 33.6 Å². The van der Waals surface area contributed by atoms with E-state index in [-0.39, 0.29) is 0 Å². The number of aryl methyl sites for hydroxylation is 3. The van der Waals surface area contributed by atoms with Gasteiger partial charge in [-0.25, -0.2) is 4.98 Å². The molecule has 2 aromatic rings. The van der Waals surface area contributed by atoms with Gasteiger partial charge in [0.1, 0.15) is 0 Å². The first-order chi connectivity index (χ1) is 8.10. The van der Waals surface area contributed by atoms with E-state index in [1.807, 2.05) is 0 Å². The van der Waals surface area contributed by atoms with E-state index in [9.17, 15) is 4.79 Å². The smallest absolute Gasteiger partial charge is 0.161 e. The largest absolute Gasteiger partial charge is 0.297 e. The molecule has 0 spiro atoms. The molecule has 1 aromatic carbocycles. The van der Waals surface area contributed by atoms with E-state index >= 15 is 0 Å². The van der Waals surface area contributed by atoms with E-state index in [4.69, 9.17) is 0 Å². The highest BCUT2D eigenvalue weighted by Gasteiger charge is 2.08. The van der Waals surface area contributed by atoms with Crippen LogP contribution in [0.15, 0.2) is 18.3 Å². The number of aromatic nitrogens is 1. The Hall–Kier alpha value is -1.48. The minimum atomic E-state index is 0.697. The van der Waals surface area contributed by atoms with Crippen LogP contribution < -0.4 is 0 Å². The minimum Gasteiger partial charge on any atom is -0.297 e. The van der Waals surface area contributed by atoms with Crippen LogP contribution in [0.5, 0.6) is 0 Å². The second-order valence-corrected chi connectivity index (χ2v) is 5.48. The Morgan fingerprint density at radius 2 is 1.88 bits per heavy atom. The van der Waals surface area contributed by atoms with Crippen LogP contribution in [0, 0.1) is 20.8 Å². The summed E-state index contributed by atoms with van der Waals surface area (Å²) < 4.78 is 0. The number of hydrogen-bond donors (Lipinski definition) is 0. The molecule has 0 unspecified atom stereocenters. The summed E-state index contributed by atoms with van der Waals surface area (Å²) in [6, 6.07) is 4.38. The number of aldehydes is 1. The third-order valence-electron chi connectivity index (χ3n) is 2.86. The van der Waals surface area contributed by atoms with Crippen molar-refractivity contribution in [3.8, 4) is 0 Å². The van der Waals surface area contributed by atoms with Gasteiger partial charge in [-0.2, -0.15) is 0 Å². The lowest BCUT2D eigenvalue weighted by molar-refractivity contribution is 0.112. The first-order valence-electron chi connectivity index (χ1n) is 5.56. The number of nitrogens with zero attached hydrogens (tertiary/aromatic N) is 1. The van der Waals surface area contributed by atoms with Gasteiger partial charge in [0.2, 0.25) is 0 Å². The Balaban J connectivity index is 2.32. The van der Waals surface area contributed by atoms with Crippen LogP contribution in [0.2, 0.25) is 0 Å². The molecule has 0 aliphatic rings. The molecule has 0 radical (unpaired) electrons. The molecule has 0 aliphatic carbocycles. The quantitative estimate of drug-likeness (QED) is 0.775. The predicted octanol–water partition coefficient (Wildman–Crippen LogP) is 3.47. The van der Waals surface area contributed by atoms with Gasteiger partial charge in [-0.3, -0.25) is 4.79 Å². The van der Waals surface area contributed by atoms with Gasteiger partial charge in [0.05, 0.1) is 9.88 Å². The van der Waals surface area contributed by atoms with Crippen molar-refractivity contribution >= 4 is 17.6 Å². The summed E-state index contributed by atoms with van der Waals surface area (Å²) in [4.78, 5) is 15.6. The molecule has 1 aromatic heterocycles. The van der Waals surface area contributed by atoms with Gasteiger partial charge in [0.15, 0.2) is 6.29 Å². The van der Waals surface area contributed by atoms with Crippen LogP contribution in [0.1, 0.15) is 36.9 Å². The molecule has 2 nitrogen and oxygen atoms in total. The Labute approximate surface area is 105 Å². The zero-order valence-electron chi connectivity index (χ0n) is 10.3. The van der Waals surface area contributed by atoms with Crippen LogP contribution in [-0.4, -0.2) is 11.3 Å².